The molecule has 1 aliphatic rings. The van der Waals surface area contributed by atoms with Crippen molar-refractivity contribution in [3.8, 4) is 0 Å². The first-order valence-corrected chi connectivity index (χ1v) is 6.08. The van der Waals surface area contributed by atoms with Gasteiger partial charge in [-0.25, -0.2) is 0 Å². The molecule has 2 rings (SSSR count). The summed E-state index contributed by atoms with van der Waals surface area (Å²) in [6.07, 6.45) is 4.54. The van der Waals surface area contributed by atoms with Crippen molar-refractivity contribution in [3.63, 3.8) is 0 Å². The summed E-state index contributed by atoms with van der Waals surface area (Å²) in [6, 6.07) is 4.25. The van der Waals surface area contributed by atoms with Gasteiger partial charge >= 0.3 is 0 Å². The maximum Gasteiger partial charge on any atom is 0.0857 e. The molecular formula is C14H20N2. The van der Waals surface area contributed by atoms with E-state index in [1.54, 1.807) is 0 Å². The van der Waals surface area contributed by atoms with Gasteiger partial charge in [0.25, 0.3) is 0 Å². The van der Waals surface area contributed by atoms with Crippen LogP contribution in [-0.4, -0.2) is 23.0 Å². The van der Waals surface area contributed by atoms with Gasteiger partial charge in [-0.2, -0.15) is 0 Å². The Bertz CT molecular complexity index is 359. The molecule has 86 valence electrons. The van der Waals surface area contributed by atoms with E-state index >= 15 is 0 Å². The lowest BCUT2D eigenvalue weighted by atomic mass is 10.1. The third-order valence-electron chi connectivity index (χ3n) is 3.24. The molecule has 2 nitrogen and oxygen atoms in total. The molecular weight excluding hydrogens is 196 g/mol. The van der Waals surface area contributed by atoms with Gasteiger partial charge in [0.1, 0.15) is 0 Å². The molecule has 0 N–H and O–H groups in total. The molecule has 0 bridgehead atoms. The number of pyridine rings is 1. The van der Waals surface area contributed by atoms with Gasteiger partial charge in [0, 0.05) is 19.3 Å². The minimum absolute atomic E-state index is 0.543. The minimum atomic E-state index is 0.543. The second kappa shape index (κ2) is 4.69. The normalized spacial score (nSPS) is 15.8. The highest BCUT2D eigenvalue weighted by molar-refractivity contribution is 5.58. The summed E-state index contributed by atoms with van der Waals surface area (Å²) >= 11 is 0. The van der Waals surface area contributed by atoms with Gasteiger partial charge < -0.3 is 4.90 Å². The second-order valence-corrected chi connectivity index (χ2v) is 4.77. The fraction of sp³-hybridized carbons (Fsp3) is 0.500. The Morgan fingerprint density at radius 3 is 2.50 bits per heavy atom. The second-order valence-electron chi connectivity index (χ2n) is 4.77. The number of hydrogen-bond acceptors (Lipinski definition) is 2. The van der Waals surface area contributed by atoms with E-state index in [0.717, 1.165) is 24.5 Å². The van der Waals surface area contributed by atoms with E-state index in [1.807, 2.05) is 6.20 Å². The highest BCUT2D eigenvalue weighted by Crippen LogP contribution is 2.22. The van der Waals surface area contributed by atoms with Crippen molar-refractivity contribution in [2.45, 2.75) is 32.6 Å². The molecule has 0 atom stereocenters. The van der Waals surface area contributed by atoms with E-state index in [0.29, 0.717) is 5.92 Å². The summed E-state index contributed by atoms with van der Waals surface area (Å²) in [5, 5.41) is 0. The standard InChI is InChI=1S/C14H20N2/c1-11(2)13-6-7-14(15-10-13)12(3)16-8-4-5-9-16/h6-7,10-11H,3-5,8-9H2,1-2H3. The van der Waals surface area contributed by atoms with E-state index in [2.05, 4.69) is 42.4 Å². The number of rotatable bonds is 3. The molecule has 1 fully saturated rings. The zero-order valence-electron chi connectivity index (χ0n) is 10.2. The van der Waals surface area contributed by atoms with Gasteiger partial charge in [-0.3, -0.25) is 4.98 Å². The predicted octanol–water partition coefficient (Wildman–Crippen LogP) is 3.27. The summed E-state index contributed by atoms with van der Waals surface area (Å²) in [6.45, 7) is 10.8. The Hall–Kier alpha value is -1.31. The van der Waals surface area contributed by atoms with Crippen molar-refractivity contribution in [2.24, 2.45) is 0 Å². The SMILES string of the molecule is C=C(c1ccc(C(C)C)cn1)N1CCCC1. The maximum atomic E-state index is 4.50. The molecule has 0 radical (unpaired) electrons. The van der Waals surface area contributed by atoms with Crippen LogP contribution in [-0.2, 0) is 0 Å². The van der Waals surface area contributed by atoms with Gasteiger partial charge in [-0.15, -0.1) is 0 Å². The molecule has 0 unspecified atom stereocenters. The number of nitrogens with zero attached hydrogens (tertiary/aromatic N) is 2. The zero-order chi connectivity index (χ0) is 11.5. The first-order valence-electron chi connectivity index (χ1n) is 6.08. The fourth-order valence-corrected chi connectivity index (χ4v) is 2.07. The van der Waals surface area contributed by atoms with Gasteiger partial charge in [-0.05, 0) is 30.4 Å². The summed E-state index contributed by atoms with van der Waals surface area (Å²) < 4.78 is 0. The van der Waals surface area contributed by atoms with Crippen LogP contribution in [0.2, 0.25) is 0 Å². The summed E-state index contributed by atoms with van der Waals surface area (Å²) in [5.74, 6) is 0.543. The molecule has 1 aromatic rings. The zero-order valence-corrected chi connectivity index (χ0v) is 10.2. The average molecular weight is 216 g/mol. The molecule has 1 aliphatic heterocycles. The Labute approximate surface area is 98.0 Å². The lowest BCUT2D eigenvalue weighted by molar-refractivity contribution is 0.492. The quantitative estimate of drug-likeness (QED) is 0.771. The third kappa shape index (κ3) is 2.26. The number of aromatic nitrogens is 1. The molecule has 2 heteroatoms. The largest absolute Gasteiger partial charge is 0.370 e. The first-order chi connectivity index (χ1) is 7.68. The lowest BCUT2D eigenvalue weighted by Crippen LogP contribution is -2.17. The third-order valence-corrected chi connectivity index (χ3v) is 3.24. The van der Waals surface area contributed by atoms with Crippen LogP contribution in [0.4, 0.5) is 0 Å². The molecule has 2 heterocycles. The van der Waals surface area contributed by atoms with E-state index in [-0.39, 0.29) is 0 Å². The molecule has 1 aromatic heterocycles. The lowest BCUT2D eigenvalue weighted by Gasteiger charge is -2.19. The topological polar surface area (TPSA) is 16.1 Å². The smallest absolute Gasteiger partial charge is 0.0857 e. The summed E-state index contributed by atoms with van der Waals surface area (Å²) in [7, 11) is 0. The molecule has 16 heavy (non-hydrogen) atoms. The van der Waals surface area contributed by atoms with E-state index in [1.165, 1.54) is 18.4 Å². The van der Waals surface area contributed by atoms with Crippen LogP contribution < -0.4 is 0 Å². The molecule has 0 amide bonds. The van der Waals surface area contributed by atoms with E-state index < -0.39 is 0 Å². The molecule has 1 saturated heterocycles. The van der Waals surface area contributed by atoms with Crippen molar-refractivity contribution < 1.29 is 0 Å². The van der Waals surface area contributed by atoms with Crippen molar-refractivity contribution >= 4 is 5.70 Å². The van der Waals surface area contributed by atoms with E-state index in [9.17, 15) is 0 Å². The molecule has 0 aromatic carbocycles. The van der Waals surface area contributed by atoms with Gasteiger partial charge in [-0.1, -0.05) is 26.5 Å². The molecule has 0 saturated carbocycles. The Balaban J connectivity index is 2.11. The predicted molar refractivity (Wildman–Crippen MR) is 68.2 cm³/mol. The van der Waals surface area contributed by atoms with Crippen molar-refractivity contribution in [1.82, 2.24) is 9.88 Å². The summed E-state index contributed by atoms with van der Waals surface area (Å²) in [4.78, 5) is 6.83. The summed E-state index contributed by atoms with van der Waals surface area (Å²) in [5.41, 5.74) is 3.39. The fourth-order valence-electron chi connectivity index (χ4n) is 2.07. The van der Waals surface area contributed by atoms with Gasteiger partial charge in [0.05, 0.1) is 11.4 Å². The van der Waals surface area contributed by atoms with Crippen LogP contribution in [0.25, 0.3) is 5.70 Å². The number of hydrogen-bond donors (Lipinski definition) is 0. The molecule has 0 spiro atoms. The Morgan fingerprint density at radius 2 is 2.00 bits per heavy atom. The number of likely N-dealkylation sites (tertiary alicyclic amines) is 1. The van der Waals surface area contributed by atoms with E-state index in [4.69, 9.17) is 0 Å². The highest BCUT2D eigenvalue weighted by atomic mass is 15.2. The van der Waals surface area contributed by atoms with Crippen molar-refractivity contribution in [3.05, 3.63) is 36.2 Å². The average Bonchev–Trinajstić information content (AvgIpc) is 2.81. The maximum absolute atomic E-state index is 4.50. The van der Waals surface area contributed by atoms with Crippen LogP contribution in [0, 0.1) is 0 Å². The van der Waals surface area contributed by atoms with Crippen LogP contribution in [0.1, 0.15) is 43.9 Å². The van der Waals surface area contributed by atoms with Crippen LogP contribution in [0.15, 0.2) is 24.9 Å². The van der Waals surface area contributed by atoms with Crippen molar-refractivity contribution in [1.29, 1.82) is 0 Å². The monoisotopic (exact) mass is 216 g/mol. The Kier molecular flexibility index (Phi) is 3.28. The molecule has 0 aliphatic carbocycles. The van der Waals surface area contributed by atoms with Crippen LogP contribution >= 0.6 is 0 Å². The van der Waals surface area contributed by atoms with Crippen molar-refractivity contribution in [2.75, 3.05) is 13.1 Å². The minimum Gasteiger partial charge on any atom is -0.370 e. The van der Waals surface area contributed by atoms with Gasteiger partial charge in [0.15, 0.2) is 0 Å². The highest BCUT2D eigenvalue weighted by Gasteiger charge is 2.15. The van der Waals surface area contributed by atoms with Crippen LogP contribution in [0.5, 0.6) is 0 Å². The van der Waals surface area contributed by atoms with Crippen LogP contribution in [0.3, 0.4) is 0 Å². The first kappa shape index (κ1) is 11.2. The Morgan fingerprint density at radius 1 is 1.31 bits per heavy atom. The van der Waals surface area contributed by atoms with Gasteiger partial charge in [0.2, 0.25) is 0 Å².